The standard InChI is InChI=1S/C22H12B6ClF2N3O4/c23-15-14(18(36)34(28)19(37)21(15,25)26)32-8-10-7-9(1-6-13(10)17(32)35)16(24)33(27)20(38)22(30,31)11-2-4-12(29)5-3-11/h1-7,14-16H,8H2. The van der Waals surface area contributed by atoms with Crippen LogP contribution in [0.4, 0.5) is 8.78 Å². The molecule has 4 amide bonds. The lowest BCUT2D eigenvalue weighted by Gasteiger charge is -2.48. The minimum absolute atomic E-state index is 0.114. The quantitative estimate of drug-likeness (QED) is 0.423. The van der Waals surface area contributed by atoms with Crippen molar-refractivity contribution in [2.45, 2.75) is 35.5 Å². The summed E-state index contributed by atoms with van der Waals surface area (Å²) in [5, 5.41) is -2.03. The van der Waals surface area contributed by atoms with Crippen molar-refractivity contribution in [2.24, 2.45) is 0 Å². The van der Waals surface area contributed by atoms with Gasteiger partial charge in [-0.15, -0.1) is 0 Å². The Bertz CT molecular complexity index is 1350. The smallest absolute Gasteiger partial charge is 0.348 e. The summed E-state index contributed by atoms with van der Waals surface area (Å²) in [6.45, 7) is -0.212. The maximum Gasteiger partial charge on any atom is 0.348 e. The van der Waals surface area contributed by atoms with E-state index in [2.05, 4.69) is 0 Å². The second-order valence-corrected chi connectivity index (χ2v) is 9.44. The van der Waals surface area contributed by atoms with Gasteiger partial charge in [0.05, 0.1) is 23.5 Å². The molecule has 0 aromatic heterocycles. The van der Waals surface area contributed by atoms with E-state index in [1.54, 1.807) is 0 Å². The van der Waals surface area contributed by atoms with Crippen molar-refractivity contribution in [1.82, 2.24) is 14.5 Å². The summed E-state index contributed by atoms with van der Waals surface area (Å²) < 4.78 is 29.6. The molecule has 0 aliphatic carbocycles. The molecule has 1 fully saturated rings. The first-order valence-electron chi connectivity index (χ1n) is 11.0. The van der Waals surface area contributed by atoms with Crippen LogP contribution in [0, 0.1) is 0 Å². The number of benzene rings is 2. The molecule has 2 aliphatic heterocycles. The van der Waals surface area contributed by atoms with E-state index in [1.165, 1.54) is 30.3 Å². The number of rotatable bonds is 5. The van der Waals surface area contributed by atoms with Gasteiger partial charge in [0.25, 0.3) is 11.8 Å². The molecule has 0 spiro atoms. The average Bonchev–Trinajstić information content (AvgIpc) is 3.20. The van der Waals surface area contributed by atoms with Gasteiger partial charge in [0.1, 0.15) is 13.9 Å². The maximum absolute atomic E-state index is 14.8. The molecule has 2 aromatic carbocycles. The van der Waals surface area contributed by atoms with Crippen molar-refractivity contribution in [3.63, 3.8) is 0 Å². The van der Waals surface area contributed by atoms with Crippen LogP contribution in [-0.4, -0.2) is 91.5 Å². The largest absolute Gasteiger partial charge is 0.393 e. The summed E-state index contributed by atoms with van der Waals surface area (Å²) in [5.41, 5.74) is -0.0829. The van der Waals surface area contributed by atoms with Crippen LogP contribution >= 0.6 is 11.6 Å². The Morgan fingerprint density at radius 2 is 1.74 bits per heavy atom. The van der Waals surface area contributed by atoms with E-state index in [9.17, 15) is 28.0 Å². The first-order valence-corrected chi connectivity index (χ1v) is 11.4. The summed E-state index contributed by atoms with van der Waals surface area (Å²) >= 11 is 5.72. The Balaban J connectivity index is 1.58. The van der Waals surface area contributed by atoms with E-state index in [4.69, 9.17) is 58.9 Å². The number of alkyl halides is 2. The first kappa shape index (κ1) is 28.1. The lowest BCUT2D eigenvalue weighted by atomic mass is 9.40. The molecule has 38 heavy (non-hydrogen) atoms. The van der Waals surface area contributed by atoms with Crippen LogP contribution < -0.4 is 0 Å². The van der Waals surface area contributed by atoms with Crippen LogP contribution in [0.15, 0.2) is 42.5 Å². The highest BCUT2D eigenvalue weighted by Gasteiger charge is 2.52. The second kappa shape index (κ2) is 9.67. The highest BCUT2D eigenvalue weighted by molar-refractivity contribution is 6.57. The van der Waals surface area contributed by atoms with Crippen molar-refractivity contribution in [2.75, 3.05) is 0 Å². The van der Waals surface area contributed by atoms with Gasteiger partial charge < -0.3 is 14.5 Å². The molecule has 0 bridgehead atoms. The molecule has 2 aliphatic rings. The third kappa shape index (κ3) is 4.38. The number of nitrogens with zero attached hydrogens (tertiary/aromatic N) is 3. The number of carbonyl (C=O) groups is 4. The predicted octanol–water partition coefficient (Wildman–Crippen LogP) is 0.398. The molecule has 178 valence electrons. The van der Waals surface area contributed by atoms with E-state index in [1.807, 2.05) is 0 Å². The van der Waals surface area contributed by atoms with Crippen LogP contribution in [0.2, 0.25) is 16.1 Å². The van der Waals surface area contributed by atoms with Crippen molar-refractivity contribution in [3.8, 4) is 0 Å². The normalized spacial score (nSPS) is 21.8. The number of carbonyl (C=O) groups excluding carboxylic acids is 4. The topological polar surface area (TPSA) is 78.0 Å². The maximum atomic E-state index is 14.8. The fraction of sp³-hybridized carbons (Fsp3) is 0.273. The van der Waals surface area contributed by atoms with Gasteiger partial charge in [-0.05, 0) is 40.4 Å². The van der Waals surface area contributed by atoms with Crippen LogP contribution in [0.3, 0.4) is 0 Å². The Hall–Kier alpha value is -2.94. The number of hydrogen-bond donors (Lipinski definition) is 0. The molecule has 1 saturated heterocycles. The zero-order chi connectivity index (χ0) is 28.3. The van der Waals surface area contributed by atoms with Gasteiger partial charge in [-0.25, -0.2) is 0 Å². The minimum atomic E-state index is -4.01. The Morgan fingerprint density at radius 1 is 1.13 bits per heavy atom. The van der Waals surface area contributed by atoms with Crippen LogP contribution in [0.25, 0.3) is 0 Å². The summed E-state index contributed by atoms with van der Waals surface area (Å²) in [6.07, 6.45) is 0. The van der Waals surface area contributed by atoms with Gasteiger partial charge in [-0.1, -0.05) is 35.9 Å². The number of halogens is 3. The first-order chi connectivity index (χ1) is 17.6. The van der Waals surface area contributed by atoms with E-state index in [0.29, 0.717) is 5.56 Å². The lowest BCUT2D eigenvalue weighted by Crippen LogP contribution is -2.62. The van der Waals surface area contributed by atoms with Crippen LogP contribution in [-0.2, 0) is 26.9 Å². The molecule has 2 aromatic rings. The van der Waals surface area contributed by atoms with Crippen molar-refractivity contribution in [1.29, 1.82) is 0 Å². The van der Waals surface area contributed by atoms with Crippen molar-refractivity contribution >= 4 is 82.6 Å². The fourth-order valence-corrected chi connectivity index (χ4v) is 4.47. The SMILES string of the molecule is [B]C(c1ccc2c(c1)CN(C1C(=O)N([B])C(=O)C([B])([B])C1[B])C2=O)N([B])C(=O)C(F)(F)c1ccc(Cl)cc1. The summed E-state index contributed by atoms with van der Waals surface area (Å²) in [4.78, 5) is 52.0. The molecule has 0 saturated carbocycles. The number of piperidine rings is 1. The monoisotopic (exact) mass is 521 g/mol. The second-order valence-electron chi connectivity index (χ2n) is 9.01. The molecule has 4 rings (SSSR count). The molecule has 2 heterocycles. The highest BCUT2D eigenvalue weighted by Crippen LogP contribution is 2.44. The van der Waals surface area contributed by atoms with Crippen molar-refractivity contribution < 1.29 is 28.0 Å². The van der Waals surface area contributed by atoms with Gasteiger partial charge >= 0.3 is 5.92 Å². The molecule has 0 N–H and O–H groups in total. The van der Waals surface area contributed by atoms with E-state index in [-0.39, 0.29) is 32.3 Å². The lowest BCUT2D eigenvalue weighted by molar-refractivity contribution is -0.154. The van der Waals surface area contributed by atoms with Gasteiger partial charge in [0.15, 0.2) is 0 Å². The zero-order valence-electron chi connectivity index (χ0n) is 19.6. The minimum Gasteiger partial charge on any atom is -0.393 e. The fourth-order valence-electron chi connectivity index (χ4n) is 4.34. The molecule has 3 unspecified atom stereocenters. The number of fused-ring (bicyclic) bond motifs is 1. The summed E-state index contributed by atoms with van der Waals surface area (Å²) in [7, 11) is 34.8. The van der Waals surface area contributed by atoms with Crippen molar-refractivity contribution in [3.05, 3.63) is 69.7 Å². The molecular weight excluding hydrogens is 509 g/mol. The molecule has 16 heteroatoms. The van der Waals surface area contributed by atoms with Gasteiger partial charge in [-0.2, -0.15) is 8.78 Å². The Morgan fingerprint density at radius 3 is 2.34 bits per heavy atom. The predicted molar refractivity (Wildman–Crippen MR) is 138 cm³/mol. The summed E-state index contributed by atoms with van der Waals surface area (Å²) in [6, 6.07) is 6.90. The Labute approximate surface area is 230 Å². The van der Waals surface area contributed by atoms with E-state index < -0.39 is 58.1 Å². The summed E-state index contributed by atoms with van der Waals surface area (Å²) in [5.74, 6) is -11.6. The van der Waals surface area contributed by atoms with Gasteiger partial charge in [0.2, 0.25) is 27.8 Å². The van der Waals surface area contributed by atoms with E-state index >= 15 is 0 Å². The third-order valence-corrected chi connectivity index (χ3v) is 6.87. The molecular formula is C22H12B6ClF2N3O4. The van der Waals surface area contributed by atoms with Gasteiger partial charge in [-0.3, -0.25) is 19.2 Å². The highest BCUT2D eigenvalue weighted by atomic mass is 35.5. The zero-order valence-corrected chi connectivity index (χ0v) is 20.3. The third-order valence-electron chi connectivity index (χ3n) is 6.62. The number of amides is 4. The molecule has 12 radical (unpaired) electrons. The Kier molecular flexibility index (Phi) is 7.14. The van der Waals surface area contributed by atoms with E-state index in [0.717, 1.165) is 17.0 Å². The van der Waals surface area contributed by atoms with Crippen LogP contribution in [0.1, 0.15) is 33.0 Å². The molecule has 7 nitrogen and oxygen atoms in total. The van der Waals surface area contributed by atoms with Gasteiger partial charge in [0, 0.05) is 28.6 Å². The average molecular weight is 521 g/mol. The van der Waals surface area contributed by atoms with Crippen LogP contribution in [0.5, 0.6) is 0 Å². The number of imide groups is 1. The number of hydrogen-bond acceptors (Lipinski definition) is 4. The molecule has 3 atom stereocenters.